The molecule has 0 bridgehead atoms. The van der Waals surface area contributed by atoms with Crippen molar-refractivity contribution in [1.82, 2.24) is 4.72 Å². The molecule has 0 amide bonds. The molecule has 8 nitrogen and oxygen atoms in total. The third-order valence-electron chi connectivity index (χ3n) is 5.55. The van der Waals surface area contributed by atoms with Crippen molar-refractivity contribution in [3.8, 4) is 0 Å². The Bertz CT molecular complexity index is 1150. The van der Waals surface area contributed by atoms with Gasteiger partial charge in [0.25, 0.3) is 0 Å². The summed E-state index contributed by atoms with van der Waals surface area (Å²) in [5.41, 5.74) is 1.43. The van der Waals surface area contributed by atoms with Gasteiger partial charge < -0.3 is 4.74 Å². The van der Waals surface area contributed by atoms with E-state index in [1.165, 1.54) is 7.11 Å². The van der Waals surface area contributed by atoms with Gasteiger partial charge in [-0.25, -0.2) is 17.9 Å². The predicted molar refractivity (Wildman–Crippen MR) is 128 cm³/mol. The van der Waals surface area contributed by atoms with Gasteiger partial charge in [0.1, 0.15) is 6.16 Å². The summed E-state index contributed by atoms with van der Waals surface area (Å²) in [5.74, 6) is -0.136. The Kier molecular flexibility index (Phi) is 8.48. The molecule has 2 aromatic carbocycles. The van der Waals surface area contributed by atoms with Gasteiger partial charge in [-0.2, -0.15) is 9.42 Å². The standard InChI is InChI=1S/C23H31NO7PS/c1-17-9-6-11-21-19(17)10-7-13-22(21)33(27,28)24-14-4-5-15-30-32(26)16-8-12-20(18(2)31-32)23(25)29-3/h6-7,9-11,13,24,26H,4-5,8,12,14-16H2,1-3H3/q+1. The largest absolute Gasteiger partial charge is 0.466 e. The molecule has 1 atom stereocenters. The molecule has 2 N–H and O–H groups in total. The molecular formula is C23H31NO7PS+. The minimum atomic E-state index is -3.66. The number of carbonyl (C=O) groups excluding carboxylic acids is 1. The fourth-order valence-electron chi connectivity index (χ4n) is 3.80. The van der Waals surface area contributed by atoms with E-state index in [1.807, 2.05) is 31.2 Å². The van der Waals surface area contributed by atoms with Gasteiger partial charge in [0.2, 0.25) is 10.0 Å². The monoisotopic (exact) mass is 496 g/mol. The average molecular weight is 497 g/mol. The molecule has 0 spiro atoms. The van der Waals surface area contributed by atoms with Crippen LogP contribution in [0, 0.1) is 6.92 Å². The molecule has 0 aromatic heterocycles. The second-order valence-electron chi connectivity index (χ2n) is 7.95. The number of fused-ring (bicyclic) bond motifs is 1. The van der Waals surface area contributed by atoms with Crippen LogP contribution in [0.2, 0.25) is 0 Å². The Morgan fingerprint density at radius 3 is 2.64 bits per heavy atom. The van der Waals surface area contributed by atoms with E-state index in [0.717, 1.165) is 10.9 Å². The van der Waals surface area contributed by atoms with Crippen LogP contribution in [0.5, 0.6) is 0 Å². The summed E-state index contributed by atoms with van der Waals surface area (Å²) in [5, 5.41) is 1.61. The Morgan fingerprint density at radius 2 is 1.88 bits per heavy atom. The van der Waals surface area contributed by atoms with Gasteiger partial charge in [-0.1, -0.05) is 30.3 Å². The number of allylic oxidation sites excluding steroid dienone is 1. The number of esters is 1. The number of hydrogen-bond acceptors (Lipinski definition) is 7. The summed E-state index contributed by atoms with van der Waals surface area (Å²) in [6.07, 6.45) is 2.40. The van der Waals surface area contributed by atoms with Crippen molar-refractivity contribution >= 4 is 34.7 Å². The van der Waals surface area contributed by atoms with E-state index in [-0.39, 0.29) is 18.0 Å². The van der Waals surface area contributed by atoms with Gasteiger partial charge in [0.05, 0.1) is 24.2 Å². The lowest BCUT2D eigenvalue weighted by atomic mass is 10.1. The summed E-state index contributed by atoms with van der Waals surface area (Å²) < 4.78 is 44.3. The minimum Gasteiger partial charge on any atom is -0.466 e. The molecule has 2 aromatic rings. The normalized spacial score (nSPS) is 19.3. The first-order valence-corrected chi connectivity index (χ1v) is 14.1. The van der Waals surface area contributed by atoms with Crippen LogP contribution in [0.15, 0.2) is 52.6 Å². The van der Waals surface area contributed by atoms with Crippen LogP contribution in [0.25, 0.3) is 10.8 Å². The number of aryl methyl sites for hydroxylation is 1. The van der Waals surface area contributed by atoms with Crippen molar-refractivity contribution in [3.63, 3.8) is 0 Å². The molecular weight excluding hydrogens is 465 g/mol. The van der Waals surface area contributed by atoms with E-state index in [1.54, 1.807) is 19.1 Å². The van der Waals surface area contributed by atoms with Crippen LogP contribution >= 0.6 is 7.94 Å². The fraction of sp³-hybridized carbons (Fsp3) is 0.435. The zero-order valence-corrected chi connectivity index (χ0v) is 20.9. The number of rotatable bonds is 9. The number of methoxy groups -OCH3 is 1. The lowest BCUT2D eigenvalue weighted by molar-refractivity contribution is -0.136. The lowest BCUT2D eigenvalue weighted by Gasteiger charge is -2.16. The van der Waals surface area contributed by atoms with Crippen LogP contribution in [-0.4, -0.2) is 45.7 Å². The number of nitrogens with one attached hydrogen (secondary N) is 1. The van der Waals surface area contributed by atoms with E-state index in [9.17, 15) is 18.1 Å². The maximum absolute atomic E-state index is 12.8. The average Bonchev–Trinajstić information content (AvgIpc) is 2.93. The molecule has 3 rings (SSSR count). The highest BCUT2D eigenvalue weighted by atomic mass is 32.2. The van der Waals surface area contributed by atoms with Crippen molar-refractivity contribution in [1.29, 1.82) is 0 Å². The van der Waals surface area contributed by atoms with Crippen LogP contribution in [0.3, 0.4) is 0 Å². The highest BCUT2D eigenvalue weighted by Gasteiger charge is 2.44. The molecule has 0 aliphatic carbocycles. The van der Waals surface area contributed by atoms with Crippen molar-refractivity contribution in [2.24, 2.45) is 0 Å². The summed E-state index contributed by atoms with van der Waals surface area (Å²) >= 11 is 0. The summed E-state index contributed by atoms with van der Waals surface area (Å²) in [7, 11) is -5.47. The molecule has 10 heteroatoms. The molecule has 180 valence electrons. The molecule has 0 saturated carbocycles. The van der Waals surface area contributed by atoms with E-state index < -0.39 is 23.9 Å². The summed E-state index contributed by atoms with van der Waals surface area (Å²) in [6.45, 7) is 4.04. The zero-order valence-electron chi connectivity index (χ0n) is 19.2. The lowest BCUT2D eigenvalue weighted by Crippen LogP contribution is -2.25. The first-order valence-electron chi connectivity index (χ1n) is 10.9. The van der Waals surface area contributed by atoms with E-state index in [4.69, 9.17) is 13.8 Å². The number of carbonyl (C=O) groups is 1. The molecule has 1 unspecified atom stereocenters. The number of ether oxygens (including phenoxy) is 1. The van der Waals surface area contributed by atoms with E-state index >= 15 is 0 Å². The first-order chi connectivity index (χ1) is 15.7. The van der Waals surface area contributed by atoms with Crippen molar-refractivity contribution in [2.75, 3.05) is 26.4 Å². The van der Waals surface area contributed by atoms with Crippen molar-refractivity contribution in [2.45, 2.75) is 44.4 Å². The molecule has 1 heterocycles. The molecule has 1 aliphatic rings. The predicted octanol–water partition coefficient (Wildman–Crippen LogP) is 4.24. The first kappa shape index (κ1) is 25.6. The van der Waals surface area contributed by atoms with Crippen molar-refractivity contribution in [3.05, 3.63) is 53.3 Å². The van der Waals surface area contributed by atoms with Crippen LogP contribution in [0.4, 0.5) is 0 Å². The topological polar surface area (TPSA) is 111 Å². The quantitative estimate of drug-likeness (QED) is 0.304. The smallest absolute Gasteiger partial charge is 0.453 e. The Balaban J connectivity index is 1.51. The molecule has 0 fully saturated rings. The minimum absolute atomic E-state index is 0.223. The Hall–Kier alpha value is -2.03. The highest BCUT2D eigenvalue weighted by molar-refractivity contribution is 7.89. The third kappa shape index (κ3) is 6.31. The Labute approximate surface area is 195 Å². The second kappa shape index (κ2) is 10.9. The Morgan fingerprint density at radius 1 is 1.15 bits per heavy atom. The van der Waals surface area contributed by atoms with Gasteiger partial charge in [0, 0.05) is 11.9 Å². The molecule has 1 aliphatic heterocycles. The van der Waals surface area contributed by atoms with Crippen molar-refractivity contribution < 1.29 is 31.9 Å². The van der Waals surface area contributed by atoms with Crippen LogP contribution in [-0.2, 0) is 28.6 Å². The third-order valence-corrected chi connectivity index (χ3v) is 9.10. The zero-order chi connectivity index (χ0) is 24.1. The van der Waals surface area contributed by atoms with E-state index in [2.05, 4.69) is 4.72 Å². The summed E-state index contributed by atoms with van der Waals surface area (Å²) in [4.78, 5) is 22.8. The van der Waals surface area contributed by atoms with Gasteiger partial charge in [-0.15, -0.1) is 0 Å². The maximum atomic E-state index is 12.8. The van der Waals surface area contributed by atoms with E-state index in [0.29, 0.717) is 48.6 Å². The fourth-order valence-corrected chi connectivity index (χ4v) is 6.87. The van der Waals surface area contributed by atoms with Gasteiger partial charge in [-0.3, -0.25) is 4.52 Å². The van der Waals surface area contributed by atoms with Crippen LogP contribution < -0.4 is 4.72 Å². The van der Waals surface area contributed by atoms with Gasteiger partial charge >= 0.3 is 13.9 Å². The molecule has 0 saturated heterocycles. The number of sulfonamides is 1. The summed E-state index contributed by atoms with van der Waals surface area (Å²) in [6, 6.07) is 10.9. The number of hydrogen-bond donors (Lipinski definition) is 2. The van der Waals surface area contributed by atoms with Gasteiger partial charge in [-0.05, 0) is 56.5 Å². The highest BCUT2D eigenvalue weighted by Crippen LogP contribution is 2.60. The second-order valence-corrected chi connectivity index (χ2v) is 11.8. The molecule has 33 heavy (non-hydrogen) atoms. The molecule has 0 radical (unpaired) electrons. The maximum Gasteiger partial charge on any atom is 0.453 e. The van der Waals surface area contributed by atoms with Crippen LogP contribution in [0.1, 0.15) is 38.2 Å². The van der Waals surface area contributed by atoms with Gasteiger partial charge in [0.15, 0.2) is 5.76 Å². The SMILES string of the molecule is COC(=O)C1=C(C)O[P+](O)(OCCCCNS(=O)(=O)c2cccc3c(C)cccc23)CCC1. The number of benzene rings is 2. The number of unbranched alkanes of at least 4 members (excludes halogenated alkanes) is 1.